The standard InChI is InChI=1S/C16H14F3N5O/c17-10-3-1-9(2-4-10)14-13-11(20-8-21-13)5-6-24(14)7-12-22-16(15(18)19)23-25-12/h1-4,8,14-15H,5-7H2,(H,20,21). The van der Waals surface area contributed by atoms with Crippen LogP contribution in [0, 0.1) is 5.82 Å². The van der Waals surface area contributed by atoms with Crippen molar-refractivity contribution < 1.29 is 17.7 Å². The predicted octanol–water partition coefficient (Wildman–Crippen LogP) is 3.02. The number of aromatic amines is 1. The number of alkyl halides is 2. The van der Waals surface area contributed by atoms with Gasteiger partial charge < -0.3 is 9.51 Å². The lowest BCUT2D eigenvalue weighted by molar-refractivity contribution is 0.136. The average molecular weight is 349 g/mol. The highest BCUT2D eigenvalue weighted by atomic mass is 19.3. The number of halogens is 3. The molecule has 0 fully saturated rings. The fourth-order valence-corrected chi connectivity index (χ4v) is 3.10. The van der Waals surface area contributed by atoms with E-state index in [0.29, 0.717) is 6.54 Å². The van der Waals surface area contributed by atoms with E-state index in [1.54, 1.807) is 18.5 Å². The Kier molecular flexibility index (Phi) is 4.00. The topological polar surface area (TPSA) is 70.8 Å². The third-order valence-electron chi connectivity index (χ3n) is 4.23. The Hall–Kier alpha value is -2.68. The fourth-order valence-electron chi connectivity index (χ4n) is 3.10. The number of imidazole rings is 1. The highest BCUT2D eigenvalue weighted by molar-refractivity contribution is 5.32. The van der Waals surface area contributed by atoms with E-state index in [0.717, 1.165) is 23.4 Å². The molecule has 6 nitrogen and oxygen atoms in total. The van der Waals surface area contributed by atoms with Gasteiger partial charge in [-0.25, -0.2) is 18.2 Å². The van der Waals surface area contributed by atoms with Crippen molar-refractivity contribution in [3.63, 3.8) is 0 Å². The molecule has 1 unspecified atom stereocenters. The van der Waals surface area contributed by atoms with Crippen molar-refractivity contribution in [3.05, 3.63) is 65.1 Å². The molecule has 0 saturated heterocycles. The van der Waals surface area contributed by atoms with Crippen molar-refractivity contribution >= 4 is 0 Å². The number of hydrogen-bond acceptors (Lipinski definition) is 5. The maximum Gasteiger partial charge on any atom is 0.300 e. The van der Waals surface area contributed by atoms with Crippen LogP contribution in [0.4, 0.5) is 13.2 Å². The first-order valence-corrected chi connectivity index (χ1v) is 7.74. The summed E-state index contributed by atoms with van der Waals surface area (Å²) in [5, 5.41) is 3.29. The van der Waals surface area contributed by atoms with E-state index in [2.05, 4.69) is 20.1 Å². The van der Waals surface area contributed by atoms with Gasteiger partial charge in [-0.15, -0.1) is 0 Å². The monoisotopic (exact) mass is 349 g/mol. The number of aromatic nitrogens is 4. The van der Waals surface area contributed by atoms with Crippen LogP contribution in [0.3, 0.4) is 0 Å². The van der Waals surface area contributed by atoms with E-state index < -0.39 is 12.2 Å². The number of rotatable bonds is 4. The van der Waals surface area contributed by atoms with Crippen LogP contribution in [-0.2, 0) is 13.0 Å². The maximum atomic E-state index is 13.3. The molecule has 1 aromatic carbocycles. The van der Waals surface area contributed by atoms with Crippen LogP contribution in [0.1, 0.15) is 41.1 Å². The summed E-state index contributed by atoms with van der Waals surface area (Å²) in [7, 11) is 0. The minimum absolute atomic E-state index is 0.112. The van der Waals surface area contributed by atoms with E-state index in [-0.39, 0.29) is 24.3 Å². The zero-order chi connectivity index (χ0) is 17.4. The lowest BCUT2D eigenvalue weighted by atomic mass is 9.95. The summed E-state index contributed by atoms with van der Waals surface area (Å²) in [4.78, 5) is 13.2. The molecule has 1 atom stereocenters. The maximum absolute atomic E-state index is 13.3. The Bertz CT molecular complexity index is 861. The number of H-pyrrole nitrogens is 1. The minimum Gasteiger partial charge on any atom is -0.348 e. The number of benzene rings is 1. The first-order valence-electron chi connectivity index (χ1n) is 7.74. The fraction of sp³-hybridized carbons (Fsp3) is 0.312. The molecule has 3 heterocycles. The number of fused-ring (bicyclic) bond motifs is 1. The Morgan fingerprint density at radius 3 is 2.80 bits per heavy atom. The van der Waals surface area contributed by atoms with Gasteiger partial charge in [0.05, 0.1) is 24.6 Å². The summed E-state index contributed by atoms with van der Waals surface area (Å²) in [6, 6.07) is 5.90. The van der Waals surface area contributed by atoms with Gasteiger partial charge >= 0.3 is 6.43 Å². The van der Waals surface area contributed by atoms with Gasteiger partial charge in [0.15, 0.2) is 0 Å². The number of nitrogens with zero attached hydrogens (tertiary/aromatic N) is 4. The molecule has 0 aliphatic carbocycles. The lowest BCUT2D eigenvalue weighted by Gasteiger charge is -2.34. The van der Waals surface area contributed by atoms with Crippen LogP contribution in [0.5, 0.6) is 0 Å². The van der Waals surface area contributed by atoms with Gasteiger partial charge in [-0.05, 0) is 17.7 Å². The molecule has 130 valence electrons. The zero-order valence-corrected chi connectivity index (χ0v) is 13.0. The zero-order valence-electron chi connectivity index (χ0n) is 13.0. The molecule has 0 amide bonds. The quantitative estimate of drug-likeness (QED) is 0.784. The van der Waals surface area contributed by atoms with Crippen LogP contribution in [0.25, 0.3) is 0 Å². The molecule has 1 N–H and O–H groups in total. The molecule has 0 bridgehead atoms. The van der Waals surface area contributed by atoms with Gasteiger partial charge in [-0.2, -0.15) is 4.98 Å². The first kappa shape index (κ1) is 15.8. The first-order chi connectivity index (χ1) is 12.1. The van der Waals surface area contributed by atoms with Crippen LogP contribution >= 0.6 is 0 Å². The summed E-state index contributed by atoms with van der Waals surface area (Å²) < 4.78 is 43.5. The SMILES string of the molecule is Fc1ccc(C2c3nc[nH]c3CCN2Cc2nc(C(F)F)no2)cc1. The third kappa shape index (κ3) is 3.02. The largest absolute Gasteiger partial charge is 0.348 e. The number of hydrogen-bond donors (Lipinski definition) is 1. The Labute approximate surface area is 140 Å². The van der Waals surface area contributed by atoms with Gasteiger partial charge in [0, 0.05) is 18.7 Å². The second kappa shape index (κ2) is 6.32. The average Bonchev–Trinajstić information content (AvgIpc) is 3.25. The van der Waals surface area contributed by atoms with E-state index in [4.69, 9.17) is 4.52 Å². The van der Waals surface area contributed by atoms with E-state index in [1.165, 1.54) is 12.1 Å². The molecule has 0 saturated carbocycles. The molecule has 3 aromatic rings. The van der Waals surface area contributed by atoms with Crippen LogP contribution in [-0.4, -0.2) is 31.6 Å². The molecular formula is C16H14F3N5O. The van der Waals surface area contributed by atoms with Crippen LogP contribution in [0.15, 0.2) is 35.1 Å². The minimum atomic E-state index is -2.77. The summed E-state index contributed by atoms with van der Waals surface area (Å²) >= 11 is 0. The smallest absolute Gasteiger partial charge is 0.300 e. The van der Waals surface area contributed by atoms with Gasteiger partial charge in [-0.3, -0.25) is 4.90 Å². The van der Waals surface area contributed by atoms with E-state index in [9.17, 15) is 13.2 Å². The van der Waals surface area contributed by atoms with Crippen molar-refractivity contribution in [1.82, 2.24) is 25.0 Å². The molecule has 1 aliphatic heterocycles. The highest BCUT2D eigenvalue weighted by Gasteiger charge is 2.32. The highest BCUT2D eigenvalue weighted by Crippen LogP contribution is 2.34. The molecule has 25 heavy (non-hydrogen) atoms. The van der Waals surface area contributed by atoms with Gasteiger partial charge in [0.1, 0.15) is 5.82 Å². The summed E-state index contributed by atoms with van der Waals surface area (Å²) in [5.41, 5.74) is 2.68. The van der Waals surface area contributed by atoms with Crippen molar-refractivity contribution in [1.29, 1.82) is 0 Å². The van der Waals surface area contributed by atoms with E-state index >= 15 is 0 Å². The Balaban J connectivity index is 1.66. The Morgan fingerprint density at radius 2 is 2.08 bits per heavy atom. The second-order valence-corrected chi connectivity index (χ2v) is 5.79. The predicted molar refractivity (Wildman–Crippen MR) is 80.2 cm³/mol. The molecule has 2 aromatic heterocycles. The molecule has 1 aliphatic rings. The van der Waals surface area contributed by atoms with Gasteiger partial charge in [0.25, 0.3) is 0 Å². The summed E-state index contributed by atoms with van der Waals surface area (Å²) in [6.07, 6.45) is -0.431. The van der Waals surface area contributed by atoms with Crippen molar-refractivity contribution in [3.8, 4) is 0 Å². The van der Waals surface area contributed by atoms with Gasteiger partial charge in [0.2, 0.25) is 11.7 Å². The summed E-state index contributed by atoms with van der Waals surface area (Å²) in [5.74, 6) is -0.834. The molecule has 4 rings (SSSR count). The Morgan fingerprint density at radius 1 is 1.28 bits per heavy atom. The lowest BCUT2D eigenvalue weighted by Crippen LogP contribution is -2.36. The normalized spacial score (nSPS) is 17.8. The van der Waals surface area contributed by atoms with Crippen molar-refractivity contribution in [2.75, 3.05) is 6.54 Å². The van der Waals surface area contributed by atoms with Crippen molar-refractivity contribution in [2.24, 2.45) is 0 Å². The van der Waals surface area contributed by atoms with Crippen molar-refractivity contribution in [2.45, 2.75) is 25.4 Å². The summed E-state index contributed by atoms with van der Waals surface area (Å²) in [6.45, 7) is 0.845. The molecular weight excluding hydrogens is 335 g/mol. The van der Waals surface area contributed by atoms with Crippen LogP contribution < -0.4 is 0 Å². The van der Waals surface area contributed by atoms with Gasteiger partial charge in [-0.1, -0.05) is 17.3 Å². The second-order valence-electron chi connectivity index (χ2n) is 5.79. The van der Waals surface area contributed by atoms with E-state index in [1.807, 2.05) is 4.90 Å². The molecule has 0 radical (unpaired) electrons. The molecule has 0 spiro atoms. The molecule has 9 heteroatoms. The third-order valence-corrected chi connectivity index (χ3v) is 4.23. The number of nitrogens with one attached hydrogen (secondary N) is 1. The van der Waals surface area contributed by atoms with Crippen LogP contribution in [0.2, 0.25) is 0 Å².